The van der Waals surface area contributed by atoms with Gasteiger partial charge in [0.1, 0.15) is 17.6 Å². The van der Waals surface area contributed by atoms with Crippen LogP contribution in [0.25, 0.3) is 0 Å². The lowest BCUT2D eigenvalue weighted by Gasteiger charge is -2.60. The normalized spacial score (nSPS) is 35.2. The van der Waals surface area contributed by atoms with E-state index in [1.54, 1.807) is 0 Å². The molecule has 0 saturated heterocycles. The number of halogens is 2. The van der Waals surface area contributed by atoms with Crippen molar-refractivity contribution in [3.63, 3.8) is 0 Å². The Bertz CT molecular complexity index is 583. The number of ether oxygens (including phenoxy) is 2. The van der Waals surface area contributed by atoms with E-state index < -0.39 is 40.3 Å². The molecule has 0 aromatic carbocycles. The molecule has 10 heteroatoms. The monoisotopic (exact) mass is 394 g/mol. The Morgan fingerprint density at radius 3 is 2.50 bits per heavy atom. The van der Waals surface area contributed by atoms with Crippen LogP contribution >= 0.6 is 12.0 Å². The van der Waals surface area contributed by atoms with Gasteiger partial charge < -0.3 is 9.47 Å². The highest BCUT2D eigenvalue weighted by Gasteiger charge is 2.60. The molecule has 146 valence electrons. The largest absolute Gasteiger partial charge is 0.460 e. The third kappa shape index (κ3) is 3.88. The first kappa shape index (κ1) is 19.5. The van der Waals surface area contributed by atoms with Crippen molar-refractivity contribution < 1.29 is 42.5 Å². The molecular formula is C16H20F2O7S. The van der Waals surface area contributed by atoms with Crippen molar-refractivity contribution in [2.45, 2.75) is 49.4 Å². The van der Waals surface area contributed by atoms with Crippen LogP contribution in [-0.4, -0.2) is 34.7 Å². The van der Waals surface area contributed by atoms with Gasteiger partial charge in [-0.05, 0) is 50.4 Å². The van der Waals surface area contributed by atoms with Crippen LogP contribution in [0.2, 0.25) is 0 Å². The molecule has 0 aliphatic heterocycles. The molecule has 4 bridgehead atoms. The van der Waals surface area contributed by atoms with E-state index in [0.29, 0.717) is 18.3 Å². The van der Waals surface area contributed by atoms with E-state index in [9.17, 15) is 18.4 Å². The quantitative estimate of drug-likeness (QED) is 0.221. The maximum Gasteiger partial charge on any atom is 0.415 e. The molecule has 0 amide bonds. The molecule has 4 aliphatic rings. The first-order chi connectivity index (χ1) is 12.2. The lowest BCUT2D eigenvalue weighted by Crippen LogP contribution is -2.58. The Morgan fingerprint density at radius 1 is 1.27 bits per heavy atom. The van der Waals surface area contributed by atoms with Crippen molar-refractivity contribution in [3.05, 3.63) is 12.7 Å². The molecule has 0 heterocycles. The van der Waals surface area contributed by atoms with Crippen molar-refractivity contribution >= 4 is 24.0 Å². The number of carbonyl (C=O) groups excluding carboxylic acids is 2. The summed E-state index contributed by atoms with van der Waals surface area (Å²) in [7, 11) is 0. The zero-order valence-electron chi connectivity index (χ0n) is 13.9. The summed E-state index contributed by atoms with van der Waals surface area (Å²) in [6.07, 6.45) is 5.59. The molecule has 26 heavy (non-hydrogen) atoms. The average Bonchev–Trinajstić information content (AvgIpc) is 2.56. The van der Waals surface area contributed by atoms with Crippen LogP contribution in [0.3, 0.4) is 0 Å². The third-order valence-corrected chi connectivity index (χ3v) is 6.03. The Morgan fingerprint density at radius 2 is 1.92 bits per heavy atom. The van der Waals surface area contributed by atoms with Gasteiger partial charge in [0.25, 0.3) is 0 Å². The summed E-state index contributed by atoms with van der Waals surface area (Å²) in [6, 6.07) is 0. The summed E-state index contributed by atoms with van der Waals surface area (Å²) in [5.74, 6) is -1.64. The summed E-state index contributed by atoms with van der Waals surface area (Å²) in [5, 5.41) is 7.01. The Kier molecular flexibility index (Phi) is 5.31. The molecule has 4 rings (SSSR count). The van der Waals surface area contributed by atoms with Gasteiger partial charge in [0.05, 0.1) is 6.61 Å². The van der Waals surface area contributed by atoms with E-state index in [2.05, 4.69) is 16.0 Å². The second kappa shape index (κ2) is 7.06. The van der Waals surface area contributed by atoms with Gasteiger partial charge in [-0.15, -0.1) is 4.33 Å². The Hall–Kier alpha value is -1.23. The van der Waals surface area contributed by atoms with E-state index >= 15 is 0 Å². The molecule has 2 unspecified atom stereocenters. The minimum absolute atomic E-state index is 0.178. The summed E-state index contributed by atoms with van der Waals surface area (Å²) in [4.78, 5) is 23.4. The van der Waals surface area contributed by atoms with Gasteiger partial charge in [0, 0.05) is 11.5 Å². The SMILES string of the molecule is C=CC(=O)OC12CC3CC(CC(COC(=O)C(F)(F)SOOO)(C3)C1)C2. The first-order valence-corrected chi connectivity index (χ1v) is 9.02. The van der Waals surface area contributed by atoms with Crippen molar-refractivity contribution in [2.24, 2.45) is 17.3 Å². The molecular weight excluding hydrogens is 374 g/mol. The van der Waals surface area contributed by atoms with E-state index in [-0.39, 0.29) is 6.61 Å². The summed E-state index contributed by atoms with van der Waals surface area (Å²) in [6.45, 7) is 3.24. The second-order valence-corrected chi connectivity index (χ2v) is 8.40. The fourth-order valence-corrected chi connectivity index (χ4v) is 5.55. The summed E-state index contributed by atoms with van der Waals surface area (Å²) in [5.41, 5.74) is -1.11. The number of rotatable bonds is 8. The topological polar surface area (TPSA) is 91.3 Å². The van der Waals surface area contributed by atoms with Crippen LogP contribution in [0.15, 0.2) is 12.7 Å². The first-order valence-electron chi connectivity index (χ1n) is 8.28. The maximum atomic E-state index is 13.5. The highest BCUT2D eigenvalue weighted by atomic mass is 32.2. The minimum Gasteiger partial charge on any atom is -0.460 e. The van der Waals surface area contributed by atoms with Crippen molar-refractivity contribution in [1.29, 1.82) is 0 Å². The van der Waals surface area contributed by atoms with Crippen LogP contribution < -0.4 is 0 Å². The summed E-state index contributed by atoms with van der Waals surface area (Å²) < 4.78 is 41.3. The third-order valence-electron chi connectivity index (χ3n) is 5.53. The number of alkyl halides is 2. The fraction of sp³-hybridized carbons (Fsp3) is 0.750. The molecule has 0 spiro atoms. The molecule has 1 N–H and O–H groups in total. The number of hydrogen-bond donors (Lipinski definition) is 1. The lowest BCUT2D eigenvalue weighted by molar-refractivity contribution is -0.433. The predicted octanol–water partition coefficient (Wildman–Crippen LogP) is 3.26. The van der Waals surface area contributed by atoms with Crippen LogP contribution in [0.5, 0.6) is 0 Å². The molecule has 4 aliphatic carbocycles. The van der Waals surface area contributed by atoms with E-state index in [1.807, 2.05) is 0 Å². The molecule has 0 aromatic heterocycles. The van der Waals surface area contributed by atoms with Crippen molar-refractivity contribution in [1.82, 2.24) is 0 Å². The highest BCUT2D eigenvalue weighted by molar-refractivity contribution is 7.96. The molecule has 7 nitrogen and oxygen atoms in total. The molecule has 0 aromatic rings. The maximum absolute atomic E-state index is 13.5. The van der Waals surface area contributed by atoms with Crippen LogP contribution in [0.1, 0.15) is 38.5 Å². The van der Waals surface area contributed by atoms with Gasteiger partial charge in [-0.2, -0.15) is 8.78 Å². The highest BCUT2D eigenvalue weighted by Crippen LogP contribution is 2.63. The molecule has 4 fully saturated rings. The predicted molar refractivity (Wildman–Crippen MR) is 84.4 cm³/mol. The fourth-order valence-electron chi connectivity index (χ4n) is 5.30. The molecule has 2 atom stereocenters. The van der Waals surface area contributed by atoms with Crippen molar-refractivity contribution in [3.8, 4) is 0 Å². The average molecular weight is 394 g/mol. The van der Waals surface area contributed by atoms with E-state index in [4.69, 9.17) is 14.7 Å². The lowest BCUT2D eigenvalue weighted by atomic mass is 9.48. The van der Waals surface area contributed by atoms with Crippen LogP contribution in [-0.2, 0) is 28.4 Å². The standard InChI is InChI=1S/C16H20F2O7S/c1-2-12(19)23-15-6-10-3-11(7-15)5-14(4-10,8-15)9-22-13(20)16(17,18)26-25-24-21/h2,10-11,21H,1,3-9H2. The number of carbonyl (C=O) groups is 2. The van der Waals surface area contributed by atoms with E-state index in [0.717, 1.165) is 38.2 Å². The smallest absolute Gasteiger partial charge is 0.415 e. The second-order valence-electron chi connectivity index (χ2n) is 7.59. The van der Waals surface area contributed by atoms with Gasteiger partial charge >= 0.3 is 17.2 Å². The zero-order chi connectivity index (χ0) is 19.0. The van der Waals surface area contributed by atoms with Gasteiger partial charge in [-0.25, -0.2) is 14.8 Å². The molecule has 0 radical (unpaired) electrons. The van der Waals surface area contributed by atoms with Crippen LogP contribution in [0, 0.1) is 17.3 Å². The van der Waals surface area contributed by atoms with Gasteiger partial charge in [0.2, 0.25) is 0 Å². The van der Waals surface area contributed by atoms with Crippen molar-refractivity contribution in [2.75, 3.05) is 6.61 Å². The molecule has 4 saturated carbocycles. The Balaban J connectivity index is 1.67. The van der Waals surface area contributed by atoms with Gasteiger partial charge in [-0.3, -0.25) is 0 Å². The number of esters is 2. The number of hydrogen-bond acceptors (Lipinski definition) is 8. The Labute approximate surface area is 153 Å². The van der Waals surface area contributed by atoms with E-state index in [1.165, 1.54) is 0 Å². The minimum atomic E-state index is -4.02. The zero-order valence-corrected chi connectivity index (χ0v) is 14.8. The summed E-state index contributed by atoms with van der Waals surface area (Å²) >= 11 is -0.646. The van der Waals surface area contributed by atoms with Crippen LogP contribution in [0.4, 0.5) is 8.78 Å². The van der Waals surface area contributed by atoms with Gasteiger partial charge in [-0.1, -0.05) is 11.6 Å². The van der Waals surface area contributed by atoms with Gasteiger partial charge in [0.15, 0.2) is 0 Å².